The van der Waals surface area contributed by atoms with Gasteiger partial charge in [-0.2, -0.15) is 11.8 Å². The summed E-state index contributed by atoms with van der Waals surface area (Å²) in [4.78, 5) is 7.61. The van der Waals surface area contributed by atoms with Gasteiger partial charge in [0.1, 0.15) is 0 Å². The highest BCUT2D eigenvalue weighted by Crippen LogP contribution is 2.35. The highest BCUT2D eigenvalue weighted by Gasteiger charge is 2.34. The van der Waals surface area contributed by atoms with Crippen molar-refractivity contribution in [3.05, 3.63) is 35.9 Å². The molecule has 144 valence electrons. The van der Waals surface area contributed by atoms with Crippen LogP contribution < -0.4 is 5.32 Å². The third-order valence-electron chi connectivity index (χ3n) is 5.60. The number of benzene rings is 1. The van der Waals surface area contributed by atoms with Gasteiger partial charge in [-0.1, -0.05) is 37.3 Å². The summed E-state index contributed by atoms with van der Waals surface area (Å²) < 4.78 is 5.67. The Balaban J connectivity index is 1.79. The molecule has 1 atom stereocenters. The van der Waals surface area contributed by atoms with E-state index in [0.29, 0.717) is 0 Å². The third kappa shape index (κ3) is 4.74. The molecule has 0 aliphatic carbocycles. The summed E-state index contributed by atoms with van der Waals surface area (Å²) in [5.41, 5.74) is 1.51. The third-order valence-corrected chi connectivity index (χ3v) is 6.97. The van der Waals surface area contributed by atoms with Crippen molar-refractivity contribution in [1.82, 2.24) is 10.2 Å². The molecular formula is C21H33N3OS. The zero-order chi connectivity index (χ0) is 18.2. The zero-order valence-electron chi connectivity index (χ0n) is 16.2. The van der Waals surface area contributed by atoms with Gasteiger partial charge in [-0.05, 0) is 31.7 Å². The fourth-order valence-electron chi connectivity index (χ4n) is 3.90. The fraction of sp³-hybridized carbons (Fsp3) is 0.667. The second-order valence-corrected chi connectivity index (χ2v) is 8.68. The van der Waals surface area contributed by atoms with Gasteiger partial charge in [0, 0.05) is 49.3 Å². The van der Waals surface area contributed by atoms with E-state index in [0.717, 1.165) is 63.4 Å². The van der Waals surface area contributed by atoms with Crippen molar-refractivity contribution in [1.29, 1.82) is 0 Å². The van der Waals surface area contributed by atoms with Gasteiger partial charge in [0.05, 0.1) is 6.54 Å². The minimum absolute atomic E-state index is 0.106. The molecule has 1 aromatic carbocycles. The molecule has 0 radical (unpaired) electrons. The SMILES string of the molecule is CCNC(=NCC1(c2ccccc2)CCOCC1)N1CCSC(CC)C1. The standard InChI is InChI=1S/C21H33N3OS/c1-3-19-16-24(12-15-26-19)20(22-4-2)23-17-21(10-13-25-14-11-21)18-8-6-5-7-9-18/h5-9,19H,3-4,10-17H2,1-2H3,(H,22,23). The van der Waals surface area contributed by atoms with Gasteiger partial charge in [0.2, 0.25) is 0 Å². The van der Waals surface area contributed by atoms with Crippen LogP contribution in [0.3, 0.4) is 0 Å². The van der Waals surface area contributed by atoms with Gasteiger partial charge >= 0.3 is 0 Å². The predicted molar refractivity (Wildman–Crippen MR) is 112 cm³/mol. The molecule has 1 unspecified atom stereocenters. The molecule has 0 spiro atoms. The van der Waals surface area contributed by atoms with Crippen LogP contribution >= 0.6 is 11.8 Å². The van der Waals surface area contributed by atoms with Gasteiger partial charge in [0.15, 0.2) is 5.96 Å². The Labute approximate surface area is 162 Å². The number of rotatable bonds is 5. The normalized spacial score (nSPS) is 23.7. The van der Waals surface area contributed by atoms with Crippen molar-refractivity contribution < 1.29 is 4.74 Å². The van der Waals surface area contributed by atoms with E-state index in [1.165, 1.54) is 17.7 Å². The molecule has 1 aromatic rings. The number of guanidine groups is 1. The maximum atomic E-state index is 5.67. The lowest BCUT2D eigenvalue weighted by atomic mass is 9.74. The molecule has 0 aromatic heterocycles. The van der Waals surface area contributed by atoms with E-state index < -0.39 is 0 Å². The average molecular weight is 376 g/mol. The van der Waals surface area contributed by atoms with Crippen LogP contribution in [0.2, 0.25) is 0 Å². The number of hydrogen-bond acceptors (Lipinski definition) is 3. The van der Waals surface area contributed by atoms with Gasteiger partial charge in [-0.15, -0.1) is 0 Å². The first-order valence-electron chi connectivity index (χ1n) is 10.1. The highest BCUT2D eigenvalue weighted by molar-refractivity contribution is 8.00. The zero-order valence-corrected chi connectivity index (χ0v) is 17.1. The molecule has 3 rings (SSSR count). The Kier molecular flexibility index (Phi) is 7.26. The smallest absolute Gasteiger partial charge is 0.194 e. The largest absolute Gasteiger partial charge is 0.381 e. The topological polar surface area (TPSA) is 36.9 Å². The monoisotopic (exact) mass is 375 g/mol. The van der Waals surface area contributed by atoms with Gasteiger partial charge in [-0.3, -0.25) is 4.99 Å². The Morgan fingerprint density at radius 2 is 2.04 bits per heavy atom. The van der Waals surface area contributed by atoms with Crippen LogP contribution in [0.1, 0.15) is 38.7 Å². The molecule has 5 heteroatoms. The quantitative estimate of drug-likeness (QED) is 0.631. The number of ether oxygens (including phenoxy) is 1. The van der Waals surface area contributed by atoms with Crippen LogP contribution in [0.25, 0.3) is 0 Å². The van der Waals surface area contributed by atoms with Crippen molar-refractivity contribution in [2.75, 3.05) is 45.1 Å². The molecule has 0 saturated carbocycles. The second kappa shape index (κ2) is 9.65. The Hall–Kier alpha value is -1.20. The maximum Gasteiger partial charge on any atom is 0.194 e. The summed E-state index contributed by atoms with van der Waals surface area (Å²) in [5, 5.41) is 4.26. The summed E-state index contributed by atoms with van der Waals surface area (Å²) >= 11 is 2.10. The van der Waals surface area contributed by atoms with Gasteiger partial charge in [0.25, 0.3) is 0 Å². The van der Waals surface area contributed by atoms with E-state index in [1.54, 1.807) is 0 Å². The second-order valence-electron chi connectivity index (χ2n) is 7.28. The predicted octanol–water partition coefficient (Wildman–Crippen LogP) is 3.53. The molecular weight excluding hydrogens is 342 g/mol. The van der Waals surface area contributed by atoms with Crippen LogP contribution in [-0.4, -0.2) is 61.3 Å². The number of nitrogens with zero attached hydrogens (tertiary/aromatic N) is 2. The molecule has 2 heterocycles. The lowest BCUT2D eigenvalue weighted by Crippen LogP contribution is -2.48. The summed E-state index contributed by atoms with van der Waals surface area (Å²) in [5.74, 6) is 2.29. The van der Waals surface area contributed by atoms with E-state index in [2.05, 4.69) is 66.2 Å². The van der Waals surface area contributed by atoms with Crippen LogP contribution in [0.4, 0.5) is 0 Å². The van der Waals surface area contributed by atoms with Gasteiger partial charge < -0.3 is 15.0 Å². The van der Waals surface area contributed by atoms with Crippen LogP contribution in [0.5, 0.6) is 0 Å². The molecule has 26 heavy (non-hydrogen) atoms. The molecule has 2 aliphatic rings. The van der Waals surface area contributed by atoms with Gasteiger partial charge in [-0.25, -0.2) is 0 Å². The summed E-state index contributed by atoms with van der Waals surface area (Å²) in [6.07, 6.45) is 3.33. The number of nitrogens with one attached hydrogen (secondary N) is 1. The molecule has 2 saturated heterocycles. The lowest BCUT2D eigenvalue weighted by molar-refractivity contribution is 0.0530. The average Bonchev–Trinajstić information content (AvgIpc) is 2.72. The number of aliphatic imine (C=N–C) groups is 1. The molecule has 0 amide bonds. The van der Waals surface area contributed by atoms with E-state index in [-0.39, 0.29) is 5.41 Å². The van der Waals surface area contributed by atoms with E-state index in [4.69, 9.17) is 9.73 Å². The first kappa shape index (κ1) is 19.6. The lowest BCUT2D eigenvalue weighted by Gasteiger charge is -2.38. The molecule has 2 aliphatic heterocycles. The summed E-state index contributed by atoms with van der Waals surface area (Å²) in [7, 11) is 0. The molecule has 4 nitrogen and oxygen atoms in total. The van der Waals surface area contributed by atoms with Crippen molar-refractivity contribution in [3.8, 4) is 0 Å². The van der Waals surface area contributed by atoms with Crippen molar-refractivity contribution in [2.45, 2.75) is 43.8 Å². The first-order valence-corrected chi connectivity index (χ1v) is 11.1. The van der Waals surface area contributed by atoms with Crippen LogP contribution in [0.15, 0.2) is 35.3 Å². The number of hydrogen-bond donors (Lipinski definition) is 1. The van der Waals surface area contributed by atoms with E-state index in [1.807, 2.05) is 0 Å². The minimum atomic E-state index is 0.106. The number of thioether (sulfide) groups is 1. The highest BCUT2D eigenvalue weighted by atomic mass is 32.2. The van der Waals surface area contributed by atoms with E-state index >= 15 is 0 Å². The fourth-order valence-corrected chi connectivity index (χ4v) is 5.08. The Morgan fingerprint density at radius 3 is 2.73 bits per heavy atom. The molecule has 2 fully saturated rings. The molecule has 1 N–H and O–H groups in total. The van der Waals surface area contributed by atoms with Crippen molar-refractivity contribution in [3.63, 3.8) is 0 Å². The Bertz CT molecular complexity index is 572. The van der Waals surface area contributed by atoms with Crippen molar-refractivity contribution >= 4 is 17.7 Å². The Morgan fingerprint density at radius 1 is 1.27 bits per heavy atom. The summed E-state index contributed by atoms with van der Waals surface area (Å²) in [6, 6.07) is 10.9. The van der Waals surface area contributed by atoms with Crippen LogP contribution in [0, 0.1) is 0 Å². The maximum absolute atomic E-state index is 5.67. The molecule has 0 bridgehead atoms. The first-order chi connectivity index (χ1) is 12.8. The van der Waals surface area contributed by atoms with Crippen LogP contribution in [-0.2, 0) is 10.2 Å². The summed E-state index contributed by atoms with van der Waals surface area (Å²) in [6.45, 7) is 10.1. The van der Waals surface area contributed by atoms with E-state index in [9.17, 15) is 0 Å². The minimum Gasteiger partial charge on any atom is -0.381 e. The van der Waals surface area contributed by atoms with Crippen molar-refractivity contribution in [2.24, 2.45) is 4.99 Å².